The van der Waals surface area contributed by atoms with Crippen molar-refractivity contribution < 1.29 is 14.6 Å². The Kier molecular flexibility index (Phi) is 6.84. The first-order chi connectivity index (χ1) is 18.0. The molecule has 1 aromatic carbocycles. The summed E-state index contributed by atoms with van der Waals surface area (Å²) in [5.41, 5.74) is 1.02. The van der Waals surface area contributed by atoms with Crippen LogP contribution >= 0.6 is 0 Å². The average Bonchev–Trinajstić information content (AvgIpc) is 3.43. The Bertz CT molecular complexity index is 1090. The van der Waals surface area contributed by atoms with E-state index in [0.717, 1.165) is 101 Å². The van der Waals surface area contributed by atoms with E-state index in [-0.39, 0.29) is 5.92 Å². The molecule has 1 N–H and O–H groups in total. The zero-order valence-corrected chi connectivity index (χ0v) is 22.0. The summed E-state index contributed by atoms with van der Waals surface area (Å²) in [6.45, 7) is 5.84. The number of para-hydroxylation sites is 2. The van der Waals surface area contributed by atoms with Gasteiger partial charge in [-0.3, -0.25) is 14.4 Å². The zero-order chi connectivity index (χ0) is 25.4. The van der Waals surface area contributed by atoms with E-state index in [1.807, 2.05) is 29.1 Å². The molecule has 5 heterocycles. The number of carbonyl (C=O) groups is 1. The Morgan fingerprint density at radius 1 is 1.11 bits per heavy atom. The summed E-state index contributed by atoms with van der Waals surface area (Å²) in [4.78, 5) is 20.5. The minimum atomic E-state index is -0.810. The van der Waals surface area contributed by atoms with Gasteiger partial charge in [-0.2, -0.15) is 0 Å². The molecule has 1 amide bonds. The average molecular weight is 509 g/mol. The molecule has 1 aliphatic carbocycles. The number of aliphatic hydroxyl groups is 1. The number of anilines is 1. The van der Waals surface area contributed by atoms with E-state index in [9.17, 15) is 9.90 Å². The van der Waals surface area contributed by atoms with Crippen molar-refractivity contribution in [3.63, 3.8) is 0 Å². The molecular weight excluding hydrogens is 468 g/mol. The molecule has 4 unspecified atom stereocenters. The molecule has 5 fully saturated rings. The number of benzene rings is 1. The monoisotopic (exact) mass is 508 g/mol. The largest absolute Gasteiger partial charge is 0.495 e. The molecule has 4 aliphatic heterocycles. The lowest BCUT2D eigenvalue weighted by molar-refractivity contribution is -0.144. The van der Waals surface area contributed by atoms with Crippen LogP contribution in [0.2, 0.25) is 0 Å². The van der Waals surface area contributed by atoms with Crippen LogP contribution in [0.4, 0.5) is 5.69 Å². The molecule has 4 atom stereocenters. The molecule has 0 radical (unpaired) electrons. The van der Waals surface area contributed by atoms with Crippen molar-refractivity contribution in [1.29, 1.82) is 0 Å². The molecule has 9 nitrogen and oxygen atoms in total. The standard InChI is InChI=1S/C28H40N6O3/c1-37-25-8-4-3-7-24(25)31-13-15-32(16-14-31)27(35)23-19-33-12-9-21(23)17-22(33)18-34-20-26(29-30-34)28(36)10-5-2-6-11-28/h3-4,7-8,20-23,36H,2,5-6,9-19H2,1H3. The highest BCUT2D eigenvalue weighted by molar-refractivity contribution is 5.80. The highest BCUT2D eigenvalue weighted by Crippen LogP contribution is 2.39. The van der Waals surface area contributed by atoms with Crippen LogP contribution in [0.1, 0.15) is 50.6 Å². The van der Waals surface area contributed by atoms with Gasteiger partial charge in [-0.1, -0.05) is 36.6 Å². The SMILES string of the molecule is COc1ccccc1N1CCN(C(=O)C2CN3CCC2CC3Cn2cc(C3(O)CCCCC3)nn2)CC1. The summed E-state index contributed by atoms with van der Waals surface area (Å²) in [5.74, 6) is 1.74. The van der Waals surface area contributed by atoms with Crippen LogP contribution < -0.4 is 9.64 Å². The van der Waals surface area contributed by atoms with Crippen molar-refractivity contribution in [2.24, 2.45) is 11.8 Å². The predicted octanol–water partition coefficient (Wildman–Crippen LogP) is 2.50. The number of carbonyl (C=O) groups excluding carboxylic acids is 1. The molecule has 200 valence electrons. The smallest absolute Gasteiger partial charge is 0.227 e. The van der Waals surface area contributed by atoms with Gasteiger partial charge in [0.1, 0.15) is 17.0 Å². The Balaban J connectivity index is 1.04. The van der Waals surface area contributed by atoms with Crippen molar-refractivity contribution in [2.75, 3.05) is 51.3 Å². The first-order valence-electron chi connectivity index (χ1n) is 14.1. The van der Waals surface area contributed by atoms with E-state index in [0.29, 0.717) is 17.9 Å². The third kappa shape index (κ3) is 4.83. The maximum atomic E-state index is 13.6. The second kappa shape index (κ2) is 10.3. The Labute approximate surface area is 219 Å². The van der Waals surface area contributed by atoms with Gasteiger partial charge in [0.05, 0.1) is 31.5 Å². The number of hydrogen-bond donors (Lipinski definition) is 1. The Morgan fingerprint density at radius 2 is 1.89 bits per heavy atom. The number of piperidine rings is 3. The maximum Gasteiger partial charge on any atom is 0.227 e. The van der Waals surface area contributed by atoms with Crippen molar-refractivity contribution in [3.8, 4) is 5.75 Å². The summed E-state index contributed by atoms with van der Waals surface area (Å²) < 4.78 is 7.46. The number of aromatic nitrogens is 3. The van der Waals surface area contributed by atoms with Crippen LogP contribution in [0.25, 0.3) is 0 Å². The van der Waals surface area contributed by atoms with E-state index < -0.39 is 5.60 Å². The normalized spacial score (nSPS) is 29.4. The molecule has 37 heavy (non-hydrogen) atoms. The van der Waals surface area contributed by atoms with Crippen LogP contribution in [0, 0.1) is 11.8 Å². The summed E-state index contributed by atoms with van der Waals surface area (Å²) in [5, 5.41) is 19.7. The van der Waals surface area contributed by atoms with Crippen LogP contribution in [-0.2, 0) is 16.9 Å². The number of fused-ring (bicyclic) bond motifs is 3. The molecule has 5 aliphatic rings. The molecule has 1 saturated carbocycles. The van der Waals surface area contributed by atoms with Gasteiger partial charge < -0.3 is 19.6 Å². The number of ether oxygens (including phenoxy) is 1. The second-order valence-electron chi connectivity index (χ2n) is 11.4. The fourth-order valence-corrected chi connectivity index (χ4v) is 7.11. The van der Waals surface area contributed by atoms with Crippen LogP contribution in [0.15, 0.2) is 30.5 Å². The van der Waals surface area contributed by atoms with Crippen molar-refractivity contribution in [2.45, 2.75) is 63.1 Å². The summed E-state index contributed by atoms with van der Waals surface area (Å²) in [6.07, 6.45) is 8.91. The van der Waals surface area contributed by atoms with E-state index >= 15 is 0 Å². The number of methoxy groups -OCH3 is 1. The topological polar surface area (TPSA) is 87.0 Å². The van der Waals surface area contributed by atoms with Gasteiger partial charge in [-0.15, -0.1) is 5.10 Å². The highest BCUT2D eigenvalue weighted by Gasteiger charge is 2.45. The van der Waals surface area contributed by atoms with Gasteiger partial charge in [0, 0.05) is 38.8 Å². The molecular formula is C28H40N6O3. The van der Waals surface area contributed by atoms with Crippen LogP contribution in [-0.4, -0.2) is 88.2 Å². The summed E-state index contributed by atoms with van der Waals surface area (Å²) in [7, 11) is 1.71. The minimum Gasteiger partial charge on any atom is -0.495 e. The number of rotatable bonds is 6. The van der Waals surface area contributed by atoms with Crippen molar-refractivity contribution >= 4 is 11.6 Å². The second-order valence-corrected chi connectivity index (χ2v) is 11.4. The third-order valence-corrected chi connectivity index (χ3v) is 9.31. The lowest BCUT2D eigenvalue weighted by Crippen LogP contribution is -2.60. The van der Waals surface area contributed by atoms with E-state index in [1.54, 1.807) is 7.11 Å². The lowest BCUT2D eigenvalue weighted by Gasteiger charge is -2.50. The number of piperazine rings is 1. The van der Waals surface area contributed by atoms with Gasteiger partial charge in [0.25, 0.3) is 0 Å². The highest BCUT2D eigenvalue weighted by atomic mass is 16.5. The number of amides is 1. The zero-order valence-electron chi connectivity index (χ0n) is 22.0. The maximum absolute atomic E-state index is 13.6. The van der Waals surface area contributed by atoms with E-state index in [2.05, 4.69) is 31.1 Å². The van der Waals surface area contributed by atoms with Gasteiger partial charge in [0.15, 0.2) is 0 Å². The number of hydrogen-bond acceptors (Lipinski definition) is 7. The van der Waals surface area contributed by atoms with Gasteiger partial charge in [-0.25, -0.2) is 0 Å². The predicted molar refractivity (Wildman–Crippen MR) is 140 cm³/mol. The van der Waals surface area contributed by atoms with Crippen LogP contribution in [0.5, 0.6) is 5.75 Å². The molecule has 2 aromatic rings. The van der Waals surface area contributed by atoms with E-state index in [1.165, 1.54) is 6.42 Å². The van der Waals surface area contributed by atoms with Gasteiger partial charge in [-0.05, 0) is 50.3 Å². The Morgan fingerprint density at radius 3 is 2.62 bits per heavy atom. The van der Waals surface area contributed by atoms with Gasteiger partial charge >= 0.3 is 0 Å². The molecule has 2 bridgehead atoms. The molecule has 9 heteroatoms. The first kappa shape index (κ1) is 24.7. The van der Waals surface area contributed by atoms with Gasteiger partial charge in [0.2, 0.25) is 5.91 Å². The Hall–Kier alpha value is -2.65. The lowest BCUT2D eigenvalue weighted by atomic mass is 9.75. The molecule has 4 saturated heterocycles. The molecule has 0 spiro atoms. The van der Waals surface area contributed by atoms with E-state index in [4.69, 9.17) is 4.74 Å². The fourth-order valence-electron chi connectivity index (χ4n) is 7.11. The summed E-state index contributed by atoms with van der Waals surface area (Å²) in [6, 6.07) is 8.49. The number of nitrogens with zero attached hydrogens (tertiary/aromatic N) is 6. The van der Waals surface area contributed by atoms with Crippen LogP contribution in [0.3, 0.4) is 0 Å². The third-order valence-electron chi connectivity index (χ3n) is 9.31. The molecule has 1 aromatic heterocycles. The fraction of sp³-hybridized carbons (Fsp3) is 0.679. The minimum absolute atomic E-state index is 0.0945. The molecule has 7 rings (SSSR count). The summed E-state index contributed by atoms with van der Waals surface area (Å²) >= 11 is 0. The van der Waals surface area contributed by atoms with Crippen molar-refractivity contribution in [3.05, 3.63) is 36.2 Å². The first-order valence-corrected chi connectivity index (χ1v) is 14.1. The quantitative estimate of drug-likeness (QED) is 0.642. The van der Waals surface area contributed by atoms with Crippen molar-refractivity contribution in [1.82, 2.24) is 24.8 Å².